The van der Waals surface area contributed by atoms with E-state index in [1.807, 2.05) is 49.4 Å². The Hall–Kier alpha value is -2.38. The molecule has 0 unspecified atom stereocenters. The summed E-state index contributed by atoms with van der Waals surface area (Å²) in [5.74, 6) is 0.273. The van der Waals surface area contributed by atoms with Gasteiger partial charge in [-0.2, -0.15) is 0 Å². The maximum Gasteiger partial charge on any atom is 0.257 e. The van der Waals surface area contributed by atoms with E-state index in [9.17, 15) is 4.79 Å². The van der Waals surface area contributed by atoms with Crippen molar-refractivity contribution < 1.29 is 9.21 Å². The van der Waals surface area contributed by atoms with Crippen molar-refractivity contribution in [2.45, 2.75) is 20.3 Å². The number of oxazole rings is 1. The standard InChI is InChI=1S/C23H18ClIN2O2/c1-3-14-5-9-21-20(10-14)27-23(29-21)15-6-4-13(2)19(11-15)26-22(28)17-12-16(25)7-8-18(17)24/h4-12H,3H2,1-2H3,(H,26,28). The fourth-order valence-electron chi connectivity index (χ4n) is 3.07. The molecule has 0 saturated carbocycles. The van der Waals surface area contributed by atoms with Gasteiger partial charge in [-0.05, 0) is 89.5 Å². The molecular weight excluding hydrogens is 499 g/mol. The third kappa shape index (κ3) is 4.16. The summed E-state index contributed by atoms with van der Waals surface area (Å²) in [6.07, 6.45) is 0.944. The van der Waals surface area contributed by atoms with Crippen molar-refractivity contribution in [1.82, 2.24) is 4.98 Å². The molecule has 0 aliphatic heterocycles. The molecule has 29 heavy (non-hydrogen) atoms. The number of amides is 1. The van der Waals surface area contributed by atoms with Crippen LogP contribution < -0.4 is 5.32 Å². The molecule has 0 saturated heterocycles. The number of rotatable bonds is 4. The zero-order valence-electron chi connectivity index (χ0n) is 15.9. The lowest BCUT2D eigenvalue weighted by atomic mass is 10.1. The highest BCUT2D eigenvalue weighted by Crippen LogP contribution is 2.29. The average Bonchev–Trinajstić information content (AvgIpc) is 3.14. The molecule has 1 aromatic heterocycles. The molecule has 3 aromatic carbocycles. The molecule has 0 fully saturated rings. The van der Waals surface area contributed by atoms with E-state index in [1.54, 1.807) is 12.1 Å². The van der Waals surface area contributed by atoms with Gasteiger partial charge in [-0.3, -0.25) is 4.79 Å². The van der Waals surface area contributed by atoms with Gasteiger partial charge in [0, 0.05) is 14.8 Å². The highest BCUT2D eigenvalue weighted by molar-refractivity contribution is 14.1. The first-order chi connectivity index (χ1) is 13.9. The van der Waals surface area contributed by atoms with Gasteiger partial charge >= 0.3 is 0 Å². The van der Waals surface area contributed by atoms with Crippen molar-refractivity contribution in [3.63, 3.8) is 0 Å². The summed E-state index contributed by atoms with van der Waals surface area (Å²) in [5.41, 5.74) is 5.66. The molecule has 0 bridgehead atoms. The Morgan fingerprint density at radius 3 is 2.76 bits per heavy atom. The molecule has 6 heteroatoms. The Morgan fingerprint density at radius 2 is 1.97 bits per heavy atom. The van der Waals surface area contributed by atoms with E-state index in [0.717, 1.165) is 32.2 Å². The van der Waals surface area contributed by atoms with E-state index < -0.39 is 0 Å². The number of halogens is 2. The number of carbonyl (C=O) groups is 1. The molecule has 4 nitrogen and oxygen atoms in total. The Labute approximate surface area is 187 Å². The minimum Gasteiger partial charge on any atom is -0.436 e. The van der Waals surface area contributed by atoms with Crippen molar-refractivity contribution in [3.05, 3.63) is 79.9 Å². The lowest BCUT2D eigenvalue weighted by molar-refractivity contribution is 0.102. The van der Waals surface area contributed by atoms with Crippen LogP contribution in [0.25, 0.3) is 22.6 Å². The second-order valence-electron chi connectivity index (χ2n) is 6.78. The predicted molar refractivity (Wildman–Crippen MR) is 126 cm³/mol. The number of nitrogens with one attached hydrogen (secondary N) is 1. The molecule has 0 spiro atoms. The summed E-state index contributed by atoms with van der Waals surface area (Å²) in [6, 6.07) is 17.1. The number of fused-ring (bicyclic) bond motifs is 1. The Kier molecular flexibility index (Phi) is 5.61. The molecule has 0 aliphatic carbocycles. The third-order valence-corrected chi connectivity index (χ3v) is 5.77. The van der Waals surface area contributed by atoms with Gasteiger partial charge in [0.1, 0.15) is 5.52 Å². The number of nitrogens with zero attached hydrogens (tertiary/aromatic N) is 1. The quantitative estimate of drug-likeness (QED) is 0.301. The number of carbonyl (C=O) groups excluding carboxylic acids is 1. The van der Waals surface area contributed by atoms with Crippen LogP contribution in [-0.2, 0) is 6.42 Å². The van der Waals surface area contributed by atoms with Crippen LogP contribution in [0.2, 0.25) is 5.02 Å². The number of aryl methyl sites for hydroxylation is 2. The van der Waals surface area contributed by atoms with E-state index in [2.05, 4.69) is 39.8 Å². The number of benzene rings is 3. The maximum atomic E-state index is 12.8. The van der Waals surface area contributed by atoms with Crippen LogP contribution in [0, 0.1) is 10.5 Å². The van der Waals surface area contributed by atoms with E-state index in [1.165, 1.54) is 5.56 Å². The Morgan fingerprint density at radius 1 is 1.14 bits per heavy atom. The molecule has 4 aromatic rings. The zero-order chi connectivity index (χ0) is 20.5. The fourth-order valence-corrected chi connectivity index (χ4v) is 3.76. The first-order valence-electron chi connectivity index (χ1n) is 9.21. The van der Waals surface area contributed by atoms with Crippen LogP contribution in [0.4, 0.5) is 5.69 Å². The average molecular weight is 517 g/mol. The SMILES string of the molecule is CCc1ccc2oc(-c3ccc(C)c(NC(=O)c4cc(I)ccc4Cl)c3)nc2c1. The summed E-state index contributed by atoms with van der Waals surface area (Å²) in [5, 5.41) is 3.38. The topological polar surface area (TPSA) is 55.1 Å². The molecule has 1 amide bonds. The molecule has 146 valence electrons. The lowest BCUT2D eigenvalue weighted by Gasteiger charge is -2.11. The molecule has 0 radical (unpaired) electrons. The van der Waals surface area contributed by atoms with Crippen LogP contribution in [0.5, 0.6) is 0 Å². The summed E-state index contributed by atoms with van der Waals surface area (Å²) in [6.45, 7) is 4.05. The van der Waals surface area contributed by atoms with Crippen LogP contribution in [0.3, 0.4) is 0 Å². The number of anilines is 1. The van der Waals surface area contributed by atoms with Gasteiger partial charge in [0.15, 0.2) is 5.58 Å². The van der Waals surface area contributed by atoms with Gasteiger partial charge in [0.25, 0.3) is 5.91 Å². The van der Waals surface area contributed by atoms with E-state index in [4.69, 9.17) is 16.0 Å². The van der Waals surface area contributed by atoms with E-state index in [-0.39, 0.29) is 5.91 Å². The largest absolute Gasteiger partial charge is 0.436 e. The Bertz CT molecular complexity index is 1230. The van der Waals surface area contributed by atoms with Crippen LogP contribution in [0.15, 0.2) is 59.0 Å². The van der Waals surface area contributed by atoms with Crippen molar-refractivity contribution in [3.8, 4) is 11.5 Å². The highest BCUT2D eigenvalue weighted by atomic mass is 127. The van der Waals surface area contributed by atoms with Gasteiger partial charge in [-0.15, -0.1) is 0 Å². The van der Waals surface area contributed by atoms with Crippen molar-refractivity contribution >= 4 is 56.9 Å². The highest BCUT2D eigenvalue weighted by Gasteiger charge is 2.15. The molecule has 1 N–H and O–H groups in total. The van der Waals surface area contributed by atoms with Gasteiger partial charge in [-0.1, -0.05) is 30.7 Å². The van der Waals surface area contributed by atoms with E-state index >= 15 is 0 Å². The third-order valence-electron chi connectivity index (χ3n) is 4.77. The first-order valence-corrected chi connectivity index (χ1v) is 10.7. The molecule has 4 rings (SSSR count). The summed E-state index contributed by atoms with van der Waals surface area (Å²) < 4.78 is 6.87. The van der Waals surface area contributed by atoms with Crippen LogP contribution in [0.1, 0.15) is 28.4 Å². The van der Waals surface area contributed by atoms with Gasteiger partial charge < -0.3 is 9.73 Å². The lowest BCUT2D eigenvalue weighted by Crippen LogP contribution is -2.13. The van der Waals surface area contributed by atoms with Gasteiger partial charge in [0.05, 0.1) is 10.6 Å². The second kappa shape index (κ2) is 8.16. The summed E-state index contributed by atoms with van der Waals surface area (Å²) >= 11 is 8.36. The molecule has 0 aliphatic rings. The van der Waals surface area contributed by atoms with Gasteiger partial charge in [0.2, 0.25) is 5.89 Å². The monoisotopic (exact) mass is 516 g/mol. The zero-order valence-corrected chi connectivity index (χ0v) is 18.8. The van der Waals surface area contributed by atoms with Crippen LogP contribution in [-0.4, -0.2) is 10.9 Å². The van der Waals surface area contributed by atoms with Crippen molar-refractivity contribution in [1.29, 1.82) is 0 Å². The van der Waals surface area contributed by atoms with Crippen LogP contribution >= 0.6 is 34.2 Å². The minimum absolute atomic E-state index is 0.251. The summed E-state index contributed by atoms with van der Waals surface area (Å²) in [7, 11) is 0. The molecule has 1 heterocycles. The fraction of sp³-hybridized carbons (Fsp3) is 0.130. The van der Waals surface area contributed by atoms with Crippen molar-refractivity contribution in [2.75, 3.05) is 5.32 Å². The minimum atomic E-state index is -0.251. The number of aromatic nitrogens is 1. The maximum absolute atomic E-state index is 12.8. The smallest absolute Gasteiger partial charge is 0.257 e. The van der Waals surface area contributed by atoms with E-state index in [0.29, 0.717) is 22.2 Å². The normalized spacial score (nSPS) is 11.0. The van der Waals surface area contributed by atoms with Gasteiger partial charge in [-0.25, -0.2) is 4.98 Å². The predicted octanol–water partition coefficient (Wildman–Crippen LogP) is 6.88. The summed E-state index contributed by atoms with van der Waals surface area (Å²) in [4.78, 5) is 17.4. The molecule has 0 atom stereocenters. The Balaban J connectivity index is 1.67. The molecular formula is C23H18ClIN2O2. The first kappa shape index (κ1) is 19.9. The second-order valence-corrected chi connectivity index (χ2v) is 8.44. The number of hydrogen-bond donors (Lipinski definition) is 1. The van der Waals surface area contributed by atoms with Crippen molar-refractivity contribution in [2.24, 2.45) is 0 Å². The number of hydrogen-bond acceptors (Lipinski definition) is 3.